The van der Waals surface area contributed by atoms with Crippen LogP contribution in [0.3, 0.4) is 0 Å². The molecule has 0 radical (unpaired) electrons. The Morgan fingerprint density at radius 1 is 0.955 bits per heavy atom. The molecule has 3 nitrogen and oxygen atoms in total. The number of hydrogen-bond acceptors (Lipinski definition) is 3. The third-order valence-electron chi connectivity index (χ3n) is 4.03. The zero-order valence-corrected chi connectivity index (χ0v) is 13.4. The summed E-state index contributed by atoms with van der Waals surface area (Å²) in [6, 6.07) is 14.4. The van der Waals surface area contributed by atoms with E-state index in [1.807, 2.05) is 38.1 Å². The van der Waals surface area contributed by atoms with Gasteiger partial charge in [-0.3, -0.25) is 0 Å². The molecule has 1 atom stereocenters. The van der Waals surface area contributed by atoms with Gasteiger partial charge in [-0.2, -0.15) is 0 Å². The zero-order valence-electron chi connectivity index (χ0n) is 13.4. The molecule has 3 rings (SSSR count). The summed E-state index contributed by atoms with van der Waals surface area (Å²) in [6.07, 6.45) is 0. The van der Waals surface area contributed by atoms with Crippen molar-refractivity contribution in [2.75, 3.05) is 19.8 Å². The Bertz CT molecular complexity index is 775. The molecule has 22 heavy (non-hydrogen) atoms. The predicted octanol–water partition coefficient (Wildman–Crippen LogP) is 4.87. The van der Waals surface area contributed by atoms with E-state index < -0.39 is 5.60 Å². The van der Waals surface area contributed by atoms with Gasteiger partial charge in [-0.15, -0.1) is 0 Å². The molecule has 0 saturated heterocycles. The minimum Gasteiger partial charge on any atom is -0.456 e. The van der Waals surface area contributed by atoms with Crippen LogP contribution >= 0.6 is 0 Å². The number of benzene rings is 2. The van der Waals surface area contributed by atoms with E-state index in [-0.39, 0.29) is 0 Å². The lowest BCUT2D eigenvalue weighted by Gasteiger charge is -2.29. The summed E-state index contributed by atoms with van der Waals surface area (Å²) in [5, 5.41) is 2.25. The van der Waals surface area contributed by atoms with Crippen molar-refractivity contribution in [3.63, 3.8) is 0 Å². The summed E-state index contributed by atoms with van der Waals surface area (Å²) in [4.78, 5) is 0. The molecule has 1 heterocycles. The molecule has 0 aliphatic heterocycles. The third kappa shape index (κ3) is 2.62. The first-order chi connectivity index (χ1) is 10.7. The summed E-state index contributed by atoms with van der Waals surface area (Å²) in [7, 11) is 0. The number of fused-ring (bicyclic) bond motifs is 3. The highest BCUT2D eigenvalue weighted by molar-refractivity contribution is 6.05. The van der Waals surface area contributed by atoms with E-state index in [1.54, 1.807) is 0 Å². The highest BCUT2D eigenvalue weighted by atomic mass is 16.5. The second-order valence-electron chi connectivity index (χ2n) is 5.61. The smallest absolute Gasteiger partial charge is 0.135 e. The van der Waals surface area contributed by atoms with E-state index in [1.165, 1.54) is 0 Å². The molecule has 0 spiro atoms. The van der Waals surface area contributed by atoms with Crippen LogP contribution in [0.1, 0.15) is 26.3 Å². The van der Waals surface area contributed by atoms with Gasteiger partial charge in [0.1, 0.15) is 16.8 Å². The fraction of sp³-hybridized carbons (Fsp3) is 0.368. The summed E-state index contributed by atoms with van der Waals surface area (Å²) in [5.74, 6) is 0. The number of ether oxygens (including phenoxy) is 2. The standard InChI is InChI=1S/C19H22O3/c1-4-20-13-19(3,21-5-2)14-10-11-18-16(12-14)15-8-6-7-9-17(15)22-18/h6-12H,4-5,13H2,1-3H3. The van der Waals surface area contributed by atoms with Crippen LogP contribution in [-0.2, 0) is 15.1 Å². The normalized spacial score (nSPS) is 14.5. The Morgan fingerprint density at radius 3 is 2.50 bits per heavy atom. The number of para-hydroxylation sites is 1. The second-order valence-corrected chi connectivity index (χ2v) is 5.61. The van der Waals surface area contributed by atoms with Gasteiger partial charge in [0.2, 0.25) is 0 Å². The van der Waals surface area contributed by atoms with Crippen LogP contribution in [0, 0.1) is 0 Å². The first-order valence-corrected chi connectivity index (χ1v) is 7.81. The molecule has 116 valence electrons. The maximum Gasteiger partial charge on any atom is 0.135 e. The minimum absolute atomic E-state index is 0.447. The number of hydrogen-bond donors (Lipinski definition) is 0. The molecular formula is C19H22O3. The Labute approximate surface area is 130 Å². The second kappa shape index (κ2) is 6.11. The van der Waals surface area contributed by atoms with Crippen molar-refractivity contribution in [3.05, 3.63) is 48.0 Å². The Balaban J connectivity index is 2.10. The van der Waals surface area contributed by atoms with Crippen molar-refractivity contribution < 1.29 is 13.9 Å². The number of rotatable bonds is 6. The van der Waals surface area contributed by atoms with Crippen LogP contribution in [0.15, 0.2) is 46.9 Å². The Hall–Kier alpha value is -1.84. The molecule has 2 aromatic carbocycles. The SMILES string of the molecule is CCOCC(C)(OCC)c1ccc2oc3ccccc3c2c1. The highest BCUT2D eigenvalue weighted by Gasteiger charge is 2.28. The van der Waals surface area contributed by atoms with E-state index in [9.17, 15) is 0 Å². The molecule has 0 saturated carbocycles. The van der Waals surface area contributed by atoms with Crippen LogP contribution in [0.2, 0.25) is 0 Å². The summed E-state index contributed by atoms with van der Waals surface area (Å²) < 4.78 is 17.5. The molecule has 3 heteroatoms. The summed E-state index contributed by atoms with van der Waals surface area (Å²) in [6.45, 7) is 7.96. The fourth-order valence-electron chi connectivity index (χ4n) is 2.88. The molecule has 0 aliphatic carbocycles. The van der Waals surface area contributed by atoms with Gasteiger partial charge in [-0.1, -0.05) is 24.3 Å². The molecule has 0 amide bonds. The third-order valence-corrected chi connectivity index (χ3v) is 4.03. The maximum absolute atomic E-state index is 6.00. The lowest BCUT2D eigenvalue weighted by Crippen LogP contribution is -2.31. The summed E-state index contributed by atoms with van der Waals surface area (Å²) in [5.41, 5.74) is 2.48. The highest BCUT2D eigenvalue weighted by Crippen LogP contribution is 2.33. The van der Waals surface area contributed by atoms with Crippen LogP contribution in [0.4, 0.5) is 0 Å². The van der Waals surface area contributed by atoms with Gasteiger partial charge in [-0.25, -0.2) is 0 Å². The van der Waals surface area contributed by atoms with Crippen LogP contribution in [0.5, 0.6) is 0 Å². The topological polar surface area (TPSA) is 31.6 Å². The van der Waals surface area contributed by atoms with Crippen molar-refractivity contribution in [3.8, 4) is 0 Å². The van der Waals surface area contributed by atoms with Crippen molar-refractivity contribution in [1.82, 2.24) is 0 Å². The average Bonchev–Trinajstić information content (AvgIpc) is 2.91. The molecule has 1 aromatic heterocycles. The molecule has 0 fully saturated rings. The van der Waals surface area contributed by atoms with Gasteiger partial charge in [0.25, 0.3) is 0 Å². The predicted molar refractivity (Wildman–Crippen MR) is 89.2 cm³/mol. The lowest BCUT2D eigenvalue weighted by atomic mass is 9.95. The quantitative estimate of drug-likeness (QED) is 0.650. The van der Waals surface area contributed by atoms with Gasteiger partial charge < -0.3 is 13.9 Å². The molecule has 3 aromatic rings. The first-order valence-electron chi connectivity index (χ1n) is 7.81. The van der Waals surface area contributed by atoms with Crippen LogP contribution in [-0.4, -0.2) is 19.8 Å². The monoisotopic (exact) mass is 298 g/mol. The minimum atomic E-state index is -0.447. The first kappa shape index (κ1) is 15.1. The van der Waals surface area contributed by atoms with Crippen molar-refractivity contribution in [1.29, 1.82) is 0 Å². The van der Waals surface area contributed by atoms with E-state index in [4.69, 9.17) is 13.9 Å². The molecule has 0 bridgehead atoms. The maximum atomic E-state index is 6.00. The Morgan fingerprint density at radius 2 is 1.73 bits per heavy atom. The van der Waals surface area contributed by atoms with Gasteiger partial charge in [0.05, 0.1) is 6.61 Å². The Kier molecular flexibility index (Phi) is 4.19. The summed E-state index contributed by atoms with van der Waals surface area (Å²) >= 11 is 0. The molecule has 0 aliphatic rings. The van der Waals surface area contributed by atoms with Crippen molar-refractivity contribution >= 4 is 21.9 Å². The van der Waals surface area contributed by atoms with Gasteiger partial charge in [0.15, 0.2) is 0 Å². The zero-order chi connectivity index (χ0) is 15.6. The van der Waals surface area contributed by atoms with E-state index in [0.717, 1.165) is 27.5 Å². The van der Waals surface area contributed by atoms with Crippen molar-refractivity contribution in [2.24, 2.45) is 0 Å². The van der Waals surface area contributed by atoms with E-state index >= 15 is 0 Å². The molecular weight excluding hydrogens is 276 g/mol. The fourth-order valence-corrected chi connectivity index (χ4v) is 2.88. The van der Waals surface area contributed by atoms with Crippen molar-refractivity contribution in [2.45, 2.75) is 26.4 Å². The van der Waals surface area contributed by atoms with Gasteiger partial charge >= 0.3 is 0 Å². The largest absolute Gasteiger partial charge is 0.456 e. The van der Waals surface area contributed by atoms with E-state index in [2.05, 4.69) is 25.1 Å². The average molecular weight is 298 g/mol. The van der Waals surface area contributed by atoms with E-state index in [0.29, 0.717) is 19.8 Å². The molecule has 1 unspecified atom stereocenters. The van der Waals surface area contributed by atoms with Gasteiger partial charge in [-0.05, 0) is 44.5 Å². The van der Waals surface area contributed by atoms with Gasteiger partial charge in [0, 0.05) is 24.0 Å². The van der Waals surface area contributed by atoms with Crippen LogP contribution in [0.25, 0.3) is 21.9 Å². The number of furan rings is 1. The molecule has 0 N–H and O–H groups in total. The lowest BCUT2D eigenvalue weighted by molar-refractivity contribution is -0.0856. The van der Waals surface area contributed by atoms with Crippen LogP contribution < -0.4 is 0 Å².